The van der Waals surface area contributed by atoms with Gasteiger partial charge < -0.3 is 20.1 Å². The standard InChI is InChI=1S/C22H25FN2O4S/c23-14-7-9-15(10-8-14)29-13-19(26)25-22-20(17-5-1-2-6-18(17)30-22)21(27)24-12-16-4-3-11-28-16/h7-10,16H,1-6,11-13H2,(H,24,27)(H,25,26)/t16-/m0/s1. The fourth-order valence-electron chi connectivity index (χ4n) is 3.84. The number of rotatable bonds is 7. The molecule has 0 radical (unpaired) electrons. The van der Waals surface area contributed by atoms with Crippen molar-refractivity contribution >= 4 is 28.2 Å². The number of benzene rings is 1. The molecular weight excluding hydrogens is 407 g/mol. The topological polar surface area (TPSA) is 76.7 Å². The molecule has 1 aliphatic carbocycles. The van der Waals surface area contributed by atoms with Gasteiger partial charge in [-0.15, -0.1) is 11.3 Å². The number of halogens is 1. The number of fused-ring (bicyclic) bond motifs is 1. The minimum absolute atomic E-state index is 0.0607. The molecule has 2 amide bonds. The third-order valence-electron chi connectivity index (χ3n) is 5.35. The second-order valence-electron chi connectivity index (χ2n) is 7.55. The van der Waals surface area contributed by atoms with Crippen LogP contribution in [0, 0.1) is 5.82 Å². The Hall–Kier alpha value is -2.45. The van der Waals surface area contributed by atoms with Gasteiger partial charge in [-0.25, -0.2) is 4.39 Å². The van der Waals surface area contributed by atoms with Gasteiger partial charge in [-0.05, 0) is 68.4 Å². The van der Waals surface area contributed by atoms with Crippen LogP contribution >= 0.6 is 11.3 Å². The van der Waals surface area contributed by atoms with Crippen LogP contribution in [0.3, 0.4) is 0 Å². The van der Waals surface area contributed by atoms with Crippen LogP contribution in [0.5, 0.6) is 5.75 Å². The second-order valence-corrected chi connectivity index (χ2v) is 8.66. The Balaban J connectivity index is 1.43. The molecule has 1 saturated heterocycles. The first kappa shape index (κ1) is 20.8. The van der Waals surface area contributed by atoms with Gasteiger partial charge >= 0.3 is 0 Å². The zero-order chi connectivity index (χ0) is 20.9. The van der Waals surface area contributed by atoms with Crippen LogP contribution in [-0.4, -0.2) is 37.7 Å². The summed E-state index contributed by atoms with van der Waals surface area (Å²) < 4.78 is 24.0. The number of anilines is 1. The maximum absolute atomic E-state index is 13.0. The zero-order valence-electron chi connectivity index (χ0n) is 16.7. The molecule has 160 valence electrons. The Morgan fingerprint density at radius 2 is 1.97 bits per heavy atom. The van der Waals surface area contributed by atoms with E-state index in [0.29, 0.717) is 22.9 Å². The third kappa shape index (κ3) is 4.99. The summed E-state index contributed by atoms with van der Waals surface area (Å²) in [6.45, 7) is 0.999. The van der Waals surface area contributed by atoms with Crippen LogP contribution in [0.1, 0.15) is 46.5 Å². The van der Waals surface area contributed by atoms with Crippen molar-refractivity contribution in [1.82, 2.24) is 5.32 Å². The molecule has 8 heteroatoms. The van der Waals surface area contributed by atoms with Crippen molar-refractivity contribution in [3.05, 3.63) is 46.1 Å². The number of hydrogen-bond donors (Lipinski definition) is 2. The Bertz CT molecular complexity index is 907. The zero-order valence-corrected chi connectivity index (χ0v) is 17.5. The number of carbonyl (C=O) groups excluding carboxylic acids is 2. The maximum atomic E-state index is 13.0. The number of ether oxygens (including phenoxy) is 2. The number of hydrogen-bond acceptors (Lipinski definition) is 5. The average Bonchev–Trinajstić information content (AvgIpc) is 3.39. The molecule has 2 heterocycles. The van der Waals surface area contributed by atoms with E-state index in [1.165, 1.54) is 40.5 Å². The average molecular weight is 433 g/mol. The van der Waals surface area contributed by atoms with Crippen molar-refractivity contribution in [2.45, 2.75) is 44.6 Å². The van der Waals surface area contributed by atoms with Gasteiger partial charge in [0.2, 0.25) is 0 Å². The third-order valence-corrected chi connectivity index (χ3v) is 6.56. The molecule has 1 fully saturated rings. The van der Waals surface area contributed by atoms with Gasteiger partial charge in [0, 0.05) is 18.0 Å². The van der Waals surface area contributed by atoms with Gasteiger partial charge in [0.15, 0.2) is 6.61 Å². The quantitative estimate of drug-likeness (QED) is 0.700. The lowest BCUT2D eigenvalue weighted by Gasteiger charge is -2.15. The highest BCUT2D eigenvalue weighted by atomic mass is 32.1. The van der Waals surface area contributed by atoms with Crippen LogP contribution in [0.4, 0.5) is 9.39 Å². The van der Waals surface area contributed by atoms with Gasteiger partial charge in [0.1, 0.15) is 16.6 Å². The second kappa shape index (κ2) is 9.57. The van der Waals surface area contributed by atoms with Crippen LogP contribution in [0.15, 0.2) is 24.3 Å². The van der Waals surface area contributed by atoms with Crippen LogP contribution in [0.2, 0.25) is 0 Å². The maximum Gasteiger partial charge on any atom is 0.262 e. The van der Waals surface area contributed by atoms with Gasteiger partial charge in [0.25, 0.3) is 11.8 Å². The predicted octanol–water partition coefficient (Wildman–Crippen LogP) is 3.69. The Kier molecular flexibility index (Phi) is 6.64. The van der Waals surface area contributed by atoms with Crippen molar-refractivity contribution < 1.29 is 23.5 Å². The predicted molar refractivity (Wildman–Crippen MR) is 113 cm³/mol. The number of carbonyl (C=O) groups is 2. The molecular formula is C22H25FN2O4S. The first-order valence-electron chi connectivity index (χ1n) is 10.3. The Morgan fingerprint density at radius 1 is 1.17 bits per heavy atom. The SMILES string of the molecule is O=C(COc1ccc(F)cc1)Nc1sc2c(c1C(=O)NC[C@@H]1CCCO1)CCCC2. The molecule has 0 spiro atoms. The van der Waals surface area contributed by atoms with Crippen molar-refractivity contribution in [2.24, 2.45) is 0 Å². The van der Waals surface area contributed by atoms with E-state index in [0.717, 1.165) is 50.7 Å². The summed E-state index contributed by atoms with van der Waals surface area (Å²) in [5.41, 5.74) is 1.62. The molecule has 1 atom stereocenters. The van der Waals surface area contributed by atoms with Crippen molar-refractivity contribution in [3.8, 4) is 5.75 Å². The smallest absolute Gasteiger partial charge is 0.262 e. The van der Waals surface area contributed by atoms with E-state index < -0.39 is 0 Å². The minimum Gasteiger partial charge on any atom is -0.484 e. The molecule has 0 bridgehead atoms. The van der Waals surface area contributed by atoms with Crippen molar-refractivity contribution in [2.75, 3.05) is 25.1 Å². The summed E-state index contributed by atoms with van der Waals surface area (Å²) in [6.07, 6.45) is 5.92. The van der Waals surface area contributed by atoms with Gasteiger partial charge in [0.05, 0.1) is 11.7 Å². The lowest BCUT2D eigenvalue weighted by molar-refractivity contribution is -0.118. The lowest BCUT2D eigenvalue weighted by Crippen LogP contribution is -2.33. The summed E-state index contributed by atoms with van der Waals surface area (Å²) in [7, 11) is 0. The molecule has 4 rings (SSSR count). The summed E-state index contributed by atoms with van der Waals surface area (Å²) in [5.74, 6) is -0.480. The molecule has 30 heavy (non-hydrogen) atoms. The summed E-state index contributed by atoms with van der Waals surface area (Å²) >= 11 is 1.47. The highest BCUT2D eigenvalue weighted by molar-refractivity contribution is 7.17. The molecule has 1 aliphatic heterocycles. The Labute approximate surface area is 178 Å². The summed E-state index contributed by atoms with van der Waals surface area (Å²) in [5, 5.41) is 6.39. The highest BCUT2D eigenvalue weighted by Crippen LogP contribution is 2.38. The van der Waals surface area contributed by atoms with E-state index in [4.69, 9.17) is 9.47 Å². The van der Waals surface area contributed by atoms with E-state index >= 15 is 0 Å². The molecule has 6 nitrogen and oxygen atoms in total. The number of thiophene rings is 1. The molecule has 2 aromatic rings. The van der Waals surface area contributed by atoms with E-state index in [-0.39, 0.29) is 30.3 Å². The Morgan fingerprint density at radius 3 is 2.73 bits per heavy atom. The monoisotopic (exact) mass is 432 g/mol. The van der Waals surface area contributed by atoms with E-state index in [2.05, 4.69) is 10.6 Å². The first-order valence-corrected chi connectivity index (χ1v) is 11.1. The normalized spacial score (nSPS) is 18.0. The molecule has 1 aromatic carbocycles. The van der Waals surface area contributed by atoms with Crippen LogP contribution in [-0.2, 0) is 22.4 Å². The number of aryl methyl sites for hydroxylation is 1. The molecule has 2 N–H and O–H groups in total. The molecule has 2 aliphatic rings. The molecule has 1 aromatic heterocycles. The largest absolute Gasteiger partial charge is 0.484 e. The summed E-state index contributed by atoms with van der Waals surface area (Å²) in [6, 6.07) is 5.49. The van der Waals surface area contributed by atoms with Gasteiger partial charge in [-0.1, -0.05) is 0 Å². The minimum atomic E-state index is -0.366. The van der Waals surface area contributed by atoms with Gasteiger partial charge in [-0.2, -0.15) is 0 Å². The van der Waals surface area contributed by atoms with Crippen LogP contribution < -0.4 is 15.4 Å². The van der Waals surface area contributed by atoms with Crippen molar-refractivity contribution in [3.63, 3.8) is 0 Å². The van der Waals surface area contributed by atoms with Crippen molar-refractivity contribution in [1.29, 1.82) is 0 Å². The van der Waals surface area contributed by atoms with E-state index in [9.17, 15) is 14.0 Å². The number of amides is 2. The van der Waals surface area contributed by atoms with Crippen LogP contribution in [0.25, 0.3) is 0 Å². The van der Waals surface area contributed by atoms with Gasteiger partial charge in [-0.3, -0.25) is 9.59 Å². The first-order chi connectivity index (χ1) is 14.6. The fraction of sp³-hybridized carbons (Fsp3) is 0.455. The van der Waals surface area contributed by atoms with E-state index in [1.807, 2.05) is 0 Å². The molecule has 0 unspecified atom stereocenters. The highest BCUT2D eigenvalue weighted by Gasteiger charge is 2.27. The van der Waals surface area contributed by atoms with E-state index in [1.54, 1.807) is 0 Å². The number of nitrogens with one attached hydrogen (secondary N) is 2. The lowest BCUT2D eigenvalue weighted by atomic mass is 9.95. The molecule has 0 saturated carbocycles. The summed E-state index contributed by atoms with van der Waals surface area (Å²) in [4.78, 5) is 26.6. The fourth-order valence-corrected chi connectivity index (χ4v) is 5.14.